The fraction of sp³-hybridized carbons (Fsp3) is 0.667. The van der Waals surface area contributed by atoms with Gasteiger partial charge in [0.05, 0.1) is 11.5 Å². The molecule has 1 aromatic carbocycles. The Morgan fingerprint density at radius 1 is 1.12 bits per heavy atom. The summed E-state index contributed by atoms with van der Waals surface area (Å²) in [4.78, 5) is 25.6. The lowest BCUT2D eigenvalue weighted by atomic mass is 9.94. The van der Waals surface area contributed by atoms with Crippen molar-refractivity contribution in [1.82, 2.24) is 0 Å². The number of hydrogen-bond donors (Lipinski definition) is 3. The maximum Gasteiger partial charge on any atom is 0.328 e. The zero-order valence-corrected chi connectivity index (χ0v) is 18.1. The fourth-order valence-electron chi connectivity index (χ4n) is 4.57. The number of carboxylic acid groups (broad SMARTS) is 1. The molecule has 0 saturated carbocycles. The van der Waals surface area contributed by atoms with Crippen LogP contribution >= 0.6 is 0 Å². The van der Waals surface area contributed by atoms with E-state index in [4.69, 9.17) is 0 Å². The van der Waals surface area contributed by atoms with Gasteiger partial charge in [0.25, 0.3) is 0 Å². The topological polar surface area (TPSA) is 119 Å². The summed E-state index contributed by atoms with van der Waals surface area (Å²) in [5.41, 5.74) is -2.25. The van der Waals surface area contributed by atoms with Crippen molar-refractivity contribution in [3.8, 4) is 0 Å². The number of nitrogens with zero attached hydrogens (tertiary/aromatic N) is 3. The van der Waals surface area contributed by atoms with Gasteiger partial charge in [0, 0.05) is 26.2 Å². The van der Waals surface area contributed by atoms with Crippen molar-refractivity contribution in [3.63, 3.8) is 0 Å². The molecule has 0 spiro atoms. The average Bonchev–Trinajstić information content (AvgIpc) is 2.78. The second kappa shape index (κ2) is 10.3. The van der Waals surface area contributed by atoms with E-state index in [1.165, 1.54) is 0 Å². The van der Waals surface area contributed by atoms with Gasteiger partial charge in [0.1, 0.15) is 11.7 Å². The molecule has 1 aromatic rings. The smallest absolute Gasteiger partial charge is 0.328 e. The number of nitro benzene ring substituents is 1. The number of hydrogen-bond acceptors (Lipinski definition) is 7. The van der Waals surface area contributed by atoms with Gasteiger partial charge in [-0.05, 0) is 38.0 Å². The standard InChI is InChI=1S/C21H30F2N4O5/c1-2-13-6-10-26(11-7-13)18-15(22)17(24-14(12-28)21(29)30)20(27(31)32)19(16(18)23)25-8-4-3-5-9-25/h13-14,24,28H,2-12H2,1H3,(H,29,30)/t14-/m0/s1. The van der Waals surface area contributed by atoms with E-state index in [-0.39, 0.29) is 11.4 Å². The maximum absolute atomic E-state index is 15.8. The minimum Gasteiger partial charge on any atom is -0.480 e. The first-order chi connectivity index (χ1) is 15.3. The van der Waals surface area contributed by atoms with Crippen LogP contribution in [0.25, 0.3) is 0 Å². The molecular weight excluding hydrogens is 426 g/mol. The first kappa shape index (κ1) is 24.0. The van der Waals surface area contributed by atoms with Gasteiger partial charge in [0.15, 0.2) is 23.0 Å². The summed E-state index contributed by atoms with van der Waals surface area (Å²) >= 11 is 0. The highest BCUT2D eigenvalue weighted by atomic mass is 19.1. The van der Waals surface area contributed by atoms with Crippen molar-refractivity contribution < 1.29 is 28.7 Å². The molecule has 0 aromatic heterocycles. The molecule has 2 aliphatic heterocycles. The first-order valence-electron chi connectivity index (χ1n) is 11.1. The lowest BCUT2D eigenvalue weighted by Crippen LogP contribution is -2.38. The molecule has 32 heavy (non-hydrogen) atoms. The predicted octanol–water partition coefficient (Wildman–Crippen LogP) is 3.35. The molecule has 2 saturated heterocycles. The molecule has 9 nitrogen and oxygen atoms in total. The Morgan fingerprint density at radius 2 is 1.72 bits per heavy atom. The minimum atomic E-state index is -1.68. The normalized spacial score (nSPS) is 18.5. The Bertz CT molecular complexity index is 855. The Balaban J connectivity index is 2.19. The Morgan fingerprint density at radius 3 is 2.22 bits per heavy atom. The summed E-state index contributed by atoms with van der Waals surface area (Å²) in [6, 6.07) is -1.68. The van der Waals surface area contributed by atoms with E-state index < -0.39 is 46.6 Å². The number of benzene rings is 1. The number of nitro groups is 1. The number of carbonyl (C=O) groups is 1. The zero-order chi connectivity index (χ0) is 23.4. The van der Waals surface area contributed by atoms with E-state index in [0.717, 1.165) is 25.7 Å². The fourth-order valence-corrected chi connectivity index (χ4v) is 4.57. The summed E-state index contributed by atoms with van der Waals surface area (Å²) in [7, 11) is 0. The number of aliphatic hydroxyl groups excluding tert-OH is 1. The van der Waals surface area contributed by atoms with E-state index in [9.17, 15) is 25.1 Å². The van der Waals surface area contributed by atoms with Gasteiger partial charge in [-0.15, -0.1) is 0 Å². The van der Waals surface area contributed by atoms with E-state index in [1.54, 1.807) is 9.80 Å². The molecule has 1 atom stereocenters. The van der Waals surface area contributed by atoms with Gasteiger partial charge >= 0.3 is 11.7 Å². The van der Waals surface area contributed by atoms with Gasteiger partial charge < -0.3 is 25.3 Å². The number of aliphatic carboxylic acids is 1. The summed E-state index contributed by atoms with van der Waals surface area (Å²) in [5.74, 6) is -3.26. The average molecular weight is 456 g/mol. The van der Waals surface area contributed by atoms with Gasteiger partial charge in [-0.3, -0.25) is 10.1 Å². The molecule has 2 aliphatic rings. The summed E-state index contributed by atoms with van der Waals surface area (Å²) in [5, 5.41) is 32.9. The lowest BCUT2D eigenvalue weighted by molar-refractivity contribution is -0.383. The summed E-state index contributed by atoms with van der Waals surface area (Å²) < 4.78 is 31.5. The predicted molar refractivity (Wildman–Crippen MR) is 116 cm³/mol. The number of halogens is 2. The summed E-state index contributed by atoms with van der Waals surface area (Å²) in [6.45, 7) is 2.69. The van der Waals surface area contributed by atoms with Crippen LogP contribution in [-0.2, 0) is 4.79 Å². The molecule has 3 N–H and O–H groups in total. The molecule has 0 unspecified atom stereocenters. The maximum atomic E-state index is 15.8. The van der Waals surface area contributed by atoms with Crippen LogP contribution in [0.5, 0.6) is 0 Å². The van der Waals surface area contributed by atoms with Crippen molar-refractivity contribution >= 4 is 28.7 Å². The monoisotopic (exact) mass is 456 g/mol. The number of carboxylic acids is 1. The Labute approximate surface area is 185 Å². The van der Waals surface area contributed by atoms with Crippen LogP contribution < -0.4 is 15.1 Å². The Hall–Kier alpha value is -2.69. The molecule has 178 valence electrons. The van der Waals surface area contributed by atoms with Gasteiger partial charge in [-0.25, -0.2) is 13.6 Å². The van der Waals surface area contributed by atoms with E-state index in [0.29, 0.717) is 44.9 Å². The minimum absolute atomic E-state index is 0.326. The highest BCUT2D eigenvalue weighted by Gasteiger charge is 2.39. The van der Waals surface area contributed by atoms with E-state index in [1.807, 2.05) is 0 Å². The molecule has 11 heteroatoms. The van der Waals surface area contributed by atoms with Gasteiger partial charge in [-0.2, -0.15) is 0 Å². The number of piperidine rings is 2. The first-order valence-corrected chi connectivity index (χ1v) is 11.1. The van der Waals surface area contributed by atoms with Crippen molar-refractivity contribution in [2.75, 3.05) is 47.9 Å². The molecule has 0 bridgehead atoms. The molecule has 0 aliphatic carbocycles. The van der Waals surface area contributed by atoms with Crippen LogP contribution in [0.15, 0.2) is 0 Å². The van der Waals surface area contributed by atoms with E-state index >= 15 is 8.78 Å². The van der Waals surface area contributed by atoms with Crippen molar-refractivity contribution in [3.05, 3.63) is 21.7 Å². The zero-order valence-electron chi connectivity index (χ0n) is 18.1. The quantitative estimate of drug-likeness (QED) is 0.403. The van der Waals surface area contributed by atoms with Crippen LogP contribution in [0, 0.1) is 27.7 Å². The van der Waals surface area contributed by atoms with Crippen LogP contribution in [0.3, 0.4) is 0 Å². The largest absolute Gasteiger partial charge is 0.480 e. The molecule has 0 amide bonds. The van der Waals surface area contributed by atoms with Crippen LogP contribution in [-0.4, -0.2) is 59.9 Å². The third-order valence-electron chi connectivity index (χ3n) is 6.47. The molecule has 2 heterocycles. The SMILES string of the molecule is CCC1CCN(c2c(F)c(N[C@@H](CO)C(=O)O)c([N+](=O)[O-])c(N3CCCCC3)c2F)CC1. The number of anilines is 3. The number of nitrogens with one attached hydrogen (secondary N) is 1. The summed E-state index contributed by atoms with van der Waals surface area (Å²) in [6.07, 6.45) is 4.76. The second-order valence-corrected chi connectivity index (χ2v) is 8.41. The molecule has 0 radical (unpaired) electrons. The highest BCUT2D eigenvalue weighted by Crippen LogP contribution is 2.47. The van der Waals surface area contributed by atoms with Gasteiger partial charge in [-0.1, -0.05) is 13.3 Å². The molecular formula is C21H30F2N4O5. The third kappa shape index (κ3) is 4.72. The number of rotatable bonds is 8. The highest BCUT2D eigenvalue weighted by molar-refractivity contribution is 5.87. The van der Waals surface area contributed by atoms with Crippen molar-refractivity contribution in [1.29, 1.82) is 0 Å². The van der Waals surface area contributed by atoms with Crippen molar-refractivity contribution in [2.24, 2.45) is 5.92 Å². The second-order valence-electron chi connectivity index (χ2n) is 8.41. The van der Waals surface area contributed by atoms with Gasteiger partial charge in [0.2, 0.25) is 0 Å². The van der Waals surface area contributed by atoms with E-state index in [2.05, 4.69) is 12.2 Å². The Kier molecular flexibility index (Phi) is 7.70. The molecule has 2 fully saturated rings. The third-order valence-corrected chi connectivity index (χ3v) is 6.47. The lowest BCUT2D eigenvalue weighted by Gasteiger charge is -2.36. The molecule has 3 rings (SSSR count). The number of aliphatic hydroxyl groups is 1. The van der Waals surface area contributed by atoms with Crippen molar-refractivity contribution in [2.45, 2.75) is 51.5 Å². The van der Waals surface area contributed by atoms with Crippen LogP contribution in [0.1, 0.15) is 45.4 Å². The van der Waals surface area contributed by atoms with Crippen LogP contribution in [0.4, 0.5) is 31.5 Å². The van der Waals surface area contributed by atoms with Crippen LogP contribution in [0.2, 0.25) is 0 Å².